The molecular formula is C108H64N6O2. The summed E-state index contributed by atoms with van der Waals surface area (Å²) in [7, 11) is 0. The maximum atomic E-state index is 10.2. The molecule has 0 N–H and O–H groups in total. The Balaban J connectivity index is 0.736. The molecule has 2 aliphatic heterocycles. The summed E-state index contributed by atoms with van der Waals surface area (Å²) in [6.45, 7) is 0. The summed E-state index contributed by atoms with van der Waals surface area (Å²) in [5.41, 5.74) is 31.7. The van der Waals surface area contributed by atoms with Gasteiger partial charge < -0.3 is 9.47 Å². The smallest absolute Gasteiger partial charge is 0.160 e. The van der Waals surface area contributed by atoms with Crippen LogP contribution >= 0.6 is 0 Å². The standard InChI is InChI=1S/C108H64N6O2/c109-65-67-44-48-69(49-45-67)81-32-18-38-87-101(81)102-83(71-52-54-74(55-53-71)95-63-93(72-22-5-1-6-23-72)111-105(113-95)75-26-9-3-10-27-75)34-20-39-88(102)107(87)85-36-13-15-42-97(85)115-99-58-56-77(61-91(99)107)78-57-59-100-92(62-78)108(86-37-14-16-43-98(86)116-100)89-40-19-33-82(70-50-46-68(66-110)47-51-70)103(89)104-84(35-21-41-90(104)108)79-30-17-31-80(60-79)96-64-94(73-24-7-2-8-25-73)112-106(114-96)76-28-11-4-12-29-76/h1-64H. The molecule has 8 heteroatoms. The first-order valence-corrected chi connectivity index (χ1v) is 39.0. The molecule has 2 spiro atoms. The lowest BCUT2D eigenvalue weighted by Gasteiger charge is -2.40. The van der Waals surface area contributed by atoms with Crippen LogP contribution in [0.15, 0.2) is 388 Å². The zero-order valence-corrected chi connectivity index (χ0v) is 62.5. The average Bonchev–Trinajstić information content (AvgIpc) is 0.897. The molecule has 2 unspecified atom stereocenters. The van der Waals surface area contributed by atoms with Gasteiger partial charge in [0.15, 0.2) is 11.6 Å². The Kier molecular flexibility index (Phi) is 15.7. The summed E-state index contributed by atoms with van der Waals surface area (Å²) in [6.07, 6.45) is 0. The second-order valence-corrected chi connectivity index (χ2v) is 30.0. The summed E-state index contributed by atoms with van der Waals surface area (Å²) in [4.78, 5) is 20.9. The fourth-order valence-electron chi connectivity index (χ4n) is 18.6. The third-order valence-corrected chi connectivity index (χ3v) is 23.8. The van der Waals surface area contributed by atoms with Gasteiger partial charge in [0.1, 0.15) is 23.0 Å². The first-order chi connectivity index (χ1) is 57.4. The Morgan fingerprint density at radius 2 is 0.474 bits per heavy atom. The minimum atomic E-state index is -0.939. The summed E-state index contributed by atoms with van der Waals surface area (Å²) in [5, 5.41) is 20.4. The zero-order chi connectivity index (χ0) is 77.0. The molecule has 16 aromatic carbocycles. The number of rotatable bonds is 11. The number of nitriles is 2. The molecule has 8 nitrogen and oxygen atoms in total. The highest BCUT2D eigenvalue weighted by atomic mass is 16.5. The fraction of sp³-hybridized carbons (Fsp3) is 0.0185. The molecule has 0 fully saturated rings. The summed E-state index contributed by atoms with van der Waals surface area (Å²) in [6, 6.07) is 141. The van der Waals surface area contributed by atoms with Gasteiger partial charge in [0.05, 0.1) is 56.9 Å². The van der Waals surface area contributed by atoms with E-state index in [0.29, 0.717) is 22.8 Å². The van der Waals surface area contributed by atoms with Crippen LogP contribution in [0.1, 0.15) is 55.6 Å². The molecule has 2 aliphatic carbocycles. The lowest BCUT2D eigenvalue weighted by Crippen LogP contribution is -2.32. The Labute approximate surface area is 671 Å². The van der Waals surface area contributed by atoms with Gasteiger partial charge in [0.2, 0.25) is 0 Å². The van der Waals surface area contributed by atoms with Crippen LogP contribution in [0.2, 0.25) is 0 Å². The van der Waals surface area contributed by atoms with Crippen LogP contribution in [0.5, 0.6) is 23.0 Å². The van der Waals surface area contributed by atoms with Crippen molar-refractivity contribution in [2.24, 2.45) is 0 Å². The molecule has 0 saturated heterocycles. The number of nitrogens with zero attached hydrogens (tertiary/aromatic N) is 6. The fourth-order valence-corrected chi connectivity index (χ4v) is 18.6. The van der Waals surface area contributed by atoms with Crippen molar-refractivity contribution < 1.29 is 9.47 Å². The molecule has 0 amide bonds. The first kappa shape index (κ1) is 67.2. The normalized spacial score (nSPS) is 14.6. The van der Waals surface area contributed by atoms with Crippen molar-refractivity contribution in [3.63, 3.8) is 0 Å². The third-order valence-electron chi connectivity index (χ3n) is 23.8. The van der Waals surface area contributed by atoms with Gasteiger partial charge in [-0.1, -0.05) is 309 Å². The van der Waals surface area contributed by atoms with Gasteiger partial charge in [-0.25, -0.2) is 19.9 Å². The van der Waals surface area contributed by atoms with Gasteiger partial charge in [0.25, 0.3) is 0 Å². The van der Waals surface area contributed by atoms with Crippen molar-refractivity contribution in [1.29, 1.82) is 10.5 Å². The van der Waals surface area contributed by atoms with Crippen molar-refractivity contribution in [3.8, 4) is 181 Å². The third kappa shape index (κ3) is 10.6. The van der Waals surface area contributed by atoms with Crippen LogP contribution in [0.3, 0.4) is 0 Å². The van der Waals surface area contributed by atoms with Gasteiger partial charge in [-0.15, -0.1) is 0 Å². The second-order valence-electron chi connectivity index (χ2n) is 30.0. The van der Waals surface area contributed by atoms with Crippen molar-refractivity contribution in [1.82, 2.24) is 19.9 Å². The van der Waals surface area contributed by atoms with E-state index >= 15 is 0 Å². The topological polar surface area (TPSA) is 118 Å². The SMILES string of the molecule is N#Cc1ccc(-c2cccc3c2-c2c(-c4ccc(-c5cc(-c6ccccc6)nc(-c6ccccc6)n5)cc4)cccc2C32c3ccccc3Oc3ccc(-c4ccc5c(c4)C4(c6ccccc6O5)c5cccc(-c6ccc(C#N)cc6)c5-c5c(-c6cccc(-c7cc(-c8ccccc8)nc(-c8ccccc8)n7)c6)cccc54)cc32)cc1. The van der Waals surface area contributed by atoms with Gasteiger partial charge in [-0.2, -0.15) is 10.5 Å². The van der Waals surface area contributed by atoms with Crippen LogP contribution < -0.4 is 9.47 Å². The molecule has 22 rings (SSSR count). The van der Waals surface area contributed by atoms with Crippen LogP contribution in [0.25, 0.3) is 146 Å². The van der Waals surface area contributed by atoms with E-state index in [1.165, 1.54) is 0 Å². The number of aromatic nitrogens is 4. The molecule has 4 heterocycles. The minimum absolute atomic E-state index is 0.590. The minimum Gasteiger partial charge on any atom is -0.457 e. The Morgan fingerprint density at radius 3 is 0.862 bits per heavy atom. The Morgan fingerprint density at radius 1 is 0.198 bits per heavy atom. The van der Waals surface area contributed by atoms with Crippen molar-refractivity contribution in [2.75, 3.05) is 0 Å². The predicted octanol–water partition coefficient (Wildman–Crippen LogP) is 26.3. The molecular weight excluding hydrogens is 1410 g/mol. The highest BCUT2D eigenvalue weighted by Crippen LogP contribution is 2.68. The van der Waals surface area contributed by atoms with E-state index < -0.39 is 10.8 Å². The predicted molar refractivity (Wildman–Crippen MR) is 462 cm³/mol. The number of benzene rings is 16. The molecule has 4 aliphatic rings. The second kappa shape index (κ2) is 27.0. The molecule has 18 aromatic rings. The van der Waals surface area contributed by atoms with Crippen molar-refractivity contribution in [3.05, 3.63) is 444 Å². The molecule has 2 aromatic heterocycles. The summed E-state index contributed by atoms with van der Waals surface area (Å²) >= 11 is 0. The Hall–Kier alpha value is -15.7. The van der Waals surface area contributed by atoms with E-state index in [1.807, 2.05) is 97.1 Å². The monoisotopic (exact) mass is 1480 g/mol. The van der Waals surface area contributed by atoms with Crippen LogP contribution in [-0.4, -0.2) is 19.9 Å². The van der Waals surface area contributed by atoms with E-state index in [4.69, 9.17) is 29.4 Å². The van der Waals surface area contributed by atoms with Crippen molar-refractivity contribution >= 4 is 0 Å². The number of fused-ring (bicyclic) bond motifs is 18. The van der Waals surface area contributed by atoms with Crippen LogP contribution in [0, 0.1) is 22.7 Å². The first-order valence-electron chi connectivity index (χ1n) is 39.0. The molecule has 538 valence electrons. The van der Waals surface area contributed by atoms with E-state index in [9.17, 15) is 10.5 Å². The molecule has 0 radical (unpaired) electrons. The average molecular weight is 1480 g/mol. The number of para-hydroxylation sites is 2. The van der Waals surface area contributed by atoms with Gasteiger partial charge in [0, 0.05) is 55.6 Å². The van der Waals surface area contributed by atoms with Gasteiger partial charge >= 0.3 is 0 Å². The van der Waals surface area contributed by atoms with Gasteiger partial charge in [-0.3, -0.25) is 0 Å². The van der Waals surface area contributed by atoms with E-state index in [-0.39, 0.29) is 0 Å². The highest BCUT2D eigenvalue weighted by Gasteiger charge is 2.55. The zero-order valence-electron chi connectivity index (χ0n) is 62.5. The van der Waals surface area contributed by atoms with Crippen LogP contribution in [0.4, 0.5) is 0 Å². The number of hydrogen-bond acceptors (Lipinski definition) is 8. The highest BCUT2D eigenvalue weighted by molar-refractivity contribution is 6.05. The molecule has 2 atom stereocenters. The summed E-state index contributed by atoms with van der Waals surface area (Å²) < 4.78 is 14.5. The van der Waals surface area contributed by atoms with E-state index in [1.54, 1.807) is 0 Å². The largest absolute Gasteiger partial charge is 0.457 e. The van der Waals surface area contributed by atoms with Crippen LogP contribution in [-0.2, 0) is 10.8 Å². The lowest BCUT2D eigenvalue weighted by atomic mass is 9.65. The molecule has 116 heavy (non-hydrogen) atoms. The van der Waals surface area contributed by atoms with E-state index in [2.05, 4.69) is 303 Å². The molecule has 0 bridgehead atoms. The maximum Gasteiger partial charge on any atom is 0.160 e. The van der Waals surface area contributed by atoms with Crippen molar-refractivity contribution in [2.45, 2.75) is 10.8 Å². The van der Waals surface area contributed by atoms with Gasteiger partial charge in [-0.05, 0) is 179 Å². The quantitative estimate of drug-likeness (QED) is 0.126. The molecule has 0 saturated carbocycles. The number of ether oxygens (including phenoxy) is 2. The Bertz CT molecular complexity index is 7020. The lowest BCUT2D eigenvalue weighted by molar-refractivity contribution is 0.436. The van der Waals surface area contributed by atoms with E-state index in [0.717, 1.165) is 202 Å². The maximum absolute atomic E-state index is 10.2. The summed E-state index contributed by atoms with van der Waals surface area (Å²) in [5.74, 6) is 4.36. The number of hydrogen-bond donors (Lipinski definition) is 0.